The van der Waals surface area contributed by atoms with Crippen LogP contribution in [-0.4, -0.2) is 27.5 Å². The summed E-state index contributed by atoms with van der Waals surface area (Å²) in [6.45, 7) is 0. The maximum Gasteiger partial charge on any atom is 0.305 e. The highest BCUT2D eigenvalue weighted by Gasteiger charge is 2.40. The maximum absolute atomic E-state index is 12.4. The summed E-state index contributed by atoms with van der Waals surface area (Å²) in [6, 6.07) is 12.5. The van der Waals surface area contributed by atoms with Crippen molar-refractivity contribution >= 4 is 11.9 Å². The van der Waals surface area contributed by atoms with E-state index < -0.39 is 11.5 Å². The predicted molar refractivity (Wildman–Crippen MR) is 87.1 cm³/mol. The van der Waals surface area contributed by atoms with Gasteiger partial charge in [-0.25, -0.2) is 0 Å². The molecule has 1 fully saturated rings. The highest BCUT2D eigenvalue weighted by molar-refractivity contribution is 5.93. The van der Waals surface area contributed by atoms with Gasteiger partial charge in [-0.1, -0.05) is 18.2 Å². The van der Waals surface area contributed by atoms with Gasteiger partial charge in [-0.3, -0.25) is 14.6 Å². The zero-order valence-corrected chi connectivity index (χ0v) is 13.1. The lowest BCUT2D eigenvalue weighted by Crippen LogP contribution is -2.54. The van der Waals surface area contributed by atoms with Crippen LogP contribution in [0.25, 0.3) is 0 Å². The van der Waals surface area contributed by atoms with Gasteiger partial charge in [0, 0.05) is 12.3 Å². The van der Waals surface area contributed by atoms with E-state index >= 15 is 0 Å². The van der Waals surface area contributed by atoms with Crippen LogP contribution in [0.15, 0.2) is 48.7 Å². The fourth-order valence-corrected chi connectivity index (χ4v) is 2.77. The fourth-order valence-electron chi connectivity index (χ4n) is 2.77. The van der Waals surface area contributed by atoms with E-state index in [-0.39, 0.29) is 18.0 Å². The molecule has 124 valence electrons. The number of rotatable bonds is 6. The number of carbonyl (C=O) groups excluding carboxylic acids is 1. The number of hydrogen-bond acceptors (Lipinski definition) is 4. The van der Waals surface area contributed by atoms with Crippen LogP contribution in [0.1, 0.15) is 36.2 Å². The summed E-state index contributed by atoms with van der Waals surface area (Å²) < 4.78 is 5.69. The van der Waals surface area contributed by atoms with Gasteiger partial charge in [0.05, 0.1) is 12.0 Å². The van der Waals surface area contributed by atoms with Crippen molar-refractivity contribution in [3.05, 3.63) is 54.4 Å². The SMILES string of the molecule is O=C(O)CC1(NC(=O)c2cc(Oc3ccccc3)ccn2)CCC1. The van der Waals surface area contributed by atoms with E-state index in [1.807, 2.05) is 30.3 Å². The Morgan fingerprint density at radius 3 is 2.54 bits per heavy atom. The molecule has 1 amide bonds. The van der Waals surface area contributed by atoms with Gasteiger partial charge in [-0.05, 0) is 37.5 Å². The Morgan fingerprint density at radius 1 is 1.17 bits per heavy atom. The zero-order valence-electron chi connectivity index (χ0n) is 13.1. The number of carboxylic acids is 1. The Labute approximate surface area is 139 Å². The van der Waals surface area contributed by atoms with E-state index in [0.29, 0.717) is 24.3 Å². The first kappa shape index (κ1) is 16.0. The van der Waals surface area contributed by atoms with Gasteiger partial charge < -0.3 is 15.2 Å². The summed E-state index contributed by atoms with van der Waals surface area (Å²) in [6.07, 6.45) is 3.69. The molecule has 2 N–H and O–H groups in total. The third-order valence-corrected chi connectivity index (χ3v) is 4.12. The molecule has 0 unspecified atom stereocenters. The van der Waals surface area contributed by atoms with E-state index in [2.05, 4.69) is 10.3 Å². The van der Waals surface area contributed by atoms with Gasteiger partial charge in [0.15, 0.2) is 0 Å². The van der Waals surface area contributed by atoms with E-state index in [9.17, 15) is 9.59 Å². The molecule has 1 aliphatic carbocycles. The molecule has 6 heteroatoms. The Balaban J connectivity index is 1.71. The number of para-hydroxylation sites is 1. The number of carbonyl (C=O) groups is 2. The maximum atomic E-state index is 12.4. The zero-order chi connectivity index (χ0) is 17.0. The lowest BCUT2D eigenvalue weighted by atomic mass is 9.74. The van der Waals surface area contributed by atoms with Gasteiger partial charge in [0.25, 0.3) is 5.91 Å². The van der Waals surface area contributed by atoms with Crippen LogP contribution in [0.5, 0.6) is 11.5 Å². The summed E-state index contributed by atoms with van der Waals surface area (Å²) in [5.74, 6) is -0.128. The second-order valence-corrected chi connectivity index (χ2v) is 5.95. The van der Waals surface area contributed by atoms with E-state index in [0.717, 1.165) is 6.42 Å². The molecule has 0 aliphatic heterocycles. The van der Waals surface area contributed by atoms with Crippen LogP contribution in [0, 0.1) is 0 Å². The minimum absolute atomic E-state index is 0.0705. The molecule has 1 aliphatic rings. The van der Waals surface area contributed by atoms with Crippen molar-refractivity contribution in [1.29, 1.82) is 0 Å². The summed E-state index contributed by atoms with van der Waals surface area (Å²) in [5, 5.41) is 11.8. The molecule has 1 aromatic carbocycles. The van der Waals surface area contributed by atoms with Gasteiger partial charge in [0.1, 0.15) is 17.2 Å². The van der Waals surface area contributed by atoms with Crippen molar-refractivity contribution < 1.29 is 19.4 Å². The third kappa shape index (κ3) is 3.71. The van der Waals surface area contributed by atoms with E-state index in [4.69, 9.17) is 9.84 Å². The van der Waals surface area contributed by atoms with Crippen LogP contribution in [0.2, 0.25) is 0 Å². The molecule has 0 saturated heterocycles. The Morgan fingerprint density at radius 2 is 1.92 bits per heavy atom. The first-order valence-electron chi connectivity index (χ1n) is 7.80. The lowest BCUT2D eigenvalue weighted by Gasteiger charge is -2.41. The molecule has 3 rings (SSSR count). The Kier molecular flexibility index (Phi) is 4.46. The molecule has 1 aromatic heterocycles. The minimum Gasteiger partial charge on any atom is -0.481 e. The third-order valence-electron chi connectivity index (χ3n) is 4.12. The number of carboxylic acid groups (broad SMARTS) is 1. The molecule has 0 spiro atoms. The summed E-state index contributed by atoms with van der Waals surface area (Å²) in [5.41, 5.74) is -0.443. The largest absolute Gasteiger partial charge is 0.481 e. The number of nitrogens with one attached hydrogen (secondary N) is 1. The van der Waals surface area contributed by atoms with Crippen LogP contribution in [0.4, 0.5) is 0 Å². The second kappa shape index (κ2) is 6.70. The standard InChI is InChI=1S/C18H18N2O4/c21-16(22)12-18(8-4-9-18)20-17(23)15-11-14(7-10-19-15)24-13-5-2-1-3-6-13/h1-3,5-7,10-11H,4,8-9,12H2,(H,20,23)(H,21,22). The first-order valence-corrected chi connectivity index (χ1v) is 7.80. The molecule has 1 saturated carbocycles. The number of pyridine rings is 1. The number of nitrogens with zero attached hydrogens (tertiary/aromatic N) is 1. The van der Waals surface area contributed by atoms with Gasteiger partial charge in [-0.15, -0.1) is 0 Å². The minimum atomic E-state index is -0.913. The Hall–Kier alpha value is -2.89. The number of benzene rings is 1. The summed E-state index contributed by atoms with van der Waals surface area (Å²) in [4.78, 5) is 27.5. The molecule has 0 atom stereocenters. The van der Waals surface area contributed by atoms with Crippen LogP contribution in [-0.2, 0) is 4.79 Å². The summed E-state index contributed by atoms with van der Waals surface area (Å²) >= 11 is 0. The van der Waals surface area contributed by atoms with Gasteiger partial charge >= 0.3 is 5.97 Å². The monoisotopic (exact) mass is 326 g/mol. The van der Waals surface area contributed by atoms with Crippen molar-refractivity contribution in [2.24, 2.45) is 0 Å². The Bertz CT molecular complexity index is 742. The average Bonchev–Trinajstić information content (AvgIpc) is 2.53. The quantitative estimate of drug-likeness (QED) is 0.852. The number of amides is 1. The molecular weight excluding hydrogens is 308 g/mol. The summed E-state index contributed by atoms with van der Waals surface area (Å²) in [7, 11) is 0. The van der Waals surface area contributed by atoms with Crippen LogP contribution in [0.3, 0.4) is 0 Å². The lowest BCUT2D eigenvalue weighted by molar-refractivity contribution is -0.139. The molecule has 6 nitrogen and oxygen atoms in total. The first-order chi connectivity index (χ1) is 11.6. The fraction of sp³-hybridized carbons (Fsp3) is 0.278. The normalized spacial score (nSPS) is 15.2. The number of aliphatic carboxylic acids is 1. The topological polar surface area (TPSA) is 88.5 Å². The van der Waals surface area contributed by atoms with E-state index in [1.54, 1.807) is 12.1 Å². The smallest absolute Gasteiger partial charge is 0.305 e. The second-order valence-electron chi connectivity index (χ2n) is 5.95. The number of ether oxygens (including phenoxy) is 1. The van der Waals surface area contributed by atoms with Crippen molar-refractivity contribution in [1.82, 2.24) is 10.3 Å². The molecule has 1 heterocycles. The number of hydrogen-bond donors (Lipinski definition) is 2. The molecule has 0 bridgehead atoms. The van der Waals surface area contributed by atoms with Crippen molar-refractivity contribution in [2.75, 3.05) is 0 Å². The molecule has 2 aromatic rings. The van der Waals surface area contributed by atoms with Crippen molar-refractivity contribution in [3.63, 3.8) is 0 Å². The average molecular weight is 326 g/mol. The van der Waals surface area contributed by atoms with Gasteiger partial charge in [-0.2, -0.15) is 0 Å². The highest BCUT2D eigenvalue weighted by atomic mass is 16.5. The molecule has 0 radical (unpaired) electrons. The highest BCUT2D eigenvalue weighted by Crippen LogP contribution is 2.35. The van der Waals surface area contributed by atoms with Crippen LogP contribution >= 0.6 is 0 Å². The predicted octanol–water partition coefficient (Wildman–Crippen LogP) is 3.00. The van der Waals surface area contributed by atoms with Crippen molar-refractivity contribution in [2.45, 2.75) is 31.2 Å². The van der Waals surface area contributed by atoms with Crippen molar-refractivity contribution in [3.8, 4) is 11.5 Å². The molecular formula is C18H18N2O4. The van der Waals surface area contributed by atoms with E-state index in [1.165, 1.54) is 6.20 Å². The van der Waals surface area contributed by atoms with Gasteiger partial charge in [0.2, 0.25) is 0 Å². The van der Waals surface area contributed by atoms with Crippen LogP contribution < -0.4 is 10.1 Å². The molecule has 24 heavy (non-hydrogen) atoms. The number of aromatic nitrogens is 1.